The summed E-state index contributed by atoms with van der Waals surface area (Å²) in [5.74, 6) is -2.06. The lowest BCUT2D eigenvalue weighted by molar-refractivity contribution is -0.132. The van der Waals surface area contributed by atoms with E-state index in [-0.39, 0.29) is 5.57 Å². The lowest BCUT2D eigenvalue weighted by Gasteiger charge is -2.32. The number of benzene rings is 1. The molecule has 0 fully saturated rings. The number of aliphatic imine (C=N–C) groups is 1. The van der Waals surface area contributed by atoms with Crippen LogP contribution < -0.4 is 0 Å². The van der Waals surface area contributed by atoms with Crippen LogP contribution in [0, 0.1) is 15.2 Å². The zero-order valence-electron chi connectivity index (χ0n) is 26.6. The number of rotatable bonds is 6. The molecule has 1 aliphatic heterocycles. The van der Waals surface area contributed by atoms with E-state index in [1.807, 2.05) is 40.7 Å². The van der Waals surface area contributed by atoms with Crippen molar-refractivity contribution in [1.29, 1.82) is 5.41 Å². The number of carbonyl (C=O) groups excluding carboxylic acids is 2. The third-order valence-electron chi connectivity index (χ3n) is 5.57. The second-order valence-electron chi connectivity index (χ2n) is 11.8. The van der Waals surface area contributed by atoms with E-state index in [9.17, 15) is 19.5 Å². The molecule has 2 N–H and O–H groups in total. The Morgan fingerprint density at radius 1 is 0.956 bits per heavy atom. The lowest BCUT2D eigenvalue weighted by atomic mass is 10.0. The van der Waals surface area contributed by atoms with Crippen molar-refractivity contribution in [2.24, 2.45) is 15.3 Å². The summed E-state index contributed by atoms with van der Waals surface area (Å²) < 4.78 is 11.0. The number of fused-ring (bicyclic) bond motifs is 1. The second kappa shape index (κ2) is 17.9. The Balaban J connectivity index is 0.00000153. The number of aliphatic carboxylic acids is 1. The SMILES string of the molecule is CC(CCCC1=Cc2ccccc2\N=C/C=C\C=C(C(=O)O)\C=C/1)N(C(=O)OC(C)(C)C)C(=O)OC(C)(C)C.N=C(N=O)N=O. The van der Waals surface area contributed by atoms with E-state index >= 15 is 0 Å². The molecule has 0 aliphatic carbocycles. The van der Waals surface area contributed by atoms with Crippen molar-refractivity contribution in [2.45, 2.75) is 85.0 Å². The van der Waals surface area contributed by atoms with Crippen LogP contribution in [0.5, 0.6) is 0 Å². The van der Waals surface area contributed by atoms with E-state index in [4.69, 9.17) is 24.7 Å². The van der Waals surface area contributed by atoms with Gasteiger partial charge >= 0.3 is 24.1 Å². The molecular formula is C32H41N5O8. The third kappa shape index (κ3) is 15.3. The predicted octanol–water partition coefficient (Wildman–Crippen LogP) is 8.09. The number of allylic oxidation sites excluding steroid dienone is 5. The number of hydrogen-bond donors (Lipinski definition) is 2. The van der Waals surface area contributed by atoms with Crippen LogP contribution in [0.25, 0.3) is 6.08 Å². The first-order chi connectivity index (χ1) is 21.0. The molecule has 1 aliphatic rings. The fourth-order valence-electron chi connectivity index (χ4n) is 3.66. The van der Waals surface area contributed by atoms with Gasteiger partial charge in [0.1, 0.15) is 11.2 Å². The minimum atomic E-state index is -1.04. The largest absolute Gasteiger partial charge is 0.478 e. The number of carbonyl (C=O) groups is 3. The summed E-state index contributed by atoms with van der Waals surface area (Å²) in [5, 5.41) is 19.3. The summed E-state index contributed by atoms with van der Waals surface area (Å²) in [4.78, 5) is 61.0. The third-order valence-corrected chi connectivity index (χ3v) is 5.57. The first-order valence-corrected chi connectivity index (χ1v) is 14.1. The molecule has 1 aromatic rings. The van der Waals surface area contributed by atoms with Gasteiger partial charge in [-0.05, 0) is 104 Å². The topological polar surface area (TPSA) is 188 Å². The van der Waals surface area contributed by atoms with E-state index in [2.05, 4.69) is 4.99 Å². The van der Waals surface area contributed by atoms with Crippen LogP contribution in [-0.2, 0) is 14.3 Å². The lowest BCUT2D eigenvalue weighted by Crippen LogP contribution is -2.48. The molecule has 1 unspecified atom stereocenters. The number of amides is 2. The number of nitroso groups, excluding NO2 is 2. The molecule has 0 saturated heterocycles. The Hall–Kier alpha value is -5.07. The summed E-state index contributed by atoms with van der Waals surface area (Å²) in [6.07, 6.45) is 11.9. The van der Waals surface area contributed by atoms with E-state index < -0.39 is 41.4 Å². The molecular weight excluding hydrogens is 582 g/mol. The fraction of sp³-hybridized carbons (Fsp3) is 0.406. The van der Waals surface area contributed by atoms with Gasteiger partial charge < -0.3 is 14.6 Å². The molecule has 45 heavy (non-hydrogen) atoms. The summed E-state index contributed by atoms with van der Waals surface area (Å²) in [7, 11) is 0. The minimum absolute atomic E-state index is 0.133. The van der Waals surface area contributed by atoms with Gasteiger partial charge in [0, 0.05) is 28.2 Å². The molecule has 1 heterocycles. The highest BCUT2D eigenvalue weighted by molar-refractivity contribution is 5.91. The zero-order valence-corrected chi connectivity index (χ0v) is 26.6. The normalized spacial score (nSPS) is 16.9. The van der Waals surface area contributed by atoms with Crippen molar-refractivity contribution in [2.75, 3.05) is 0 Å². The Labute approximate surface area is 262 Å². The van der Waals surface area contributed by atoms with Crippen LogP contribution in [0.1, 0.15) is 73.3 Å². The monoisotopic (exact) mass is 623 g/mol. The van der Waals surface area contributed by atoms with Crippen LogP contribution in [-0.4, -0.2) is 57.6 Å². The van der Waals surface area contributed by atoms with Gasteiger partial charge in [0.25, 0.3) is 0 Å². The van der Waals surface area contributed by atoms with Crippen molar-refractivity contribution in [1.82, 2.24) is 4.90 Å². The van der Waals surface area contributed by atoms with E-state index in [1.165, 1.54) is 6.08 Å². The fourth-order valence-corrected chi connectivity index (χ4v) is 3.66. The van der Waals surface area contributed by atoms with E-state index in [1.54, 1.807) is 79.0 Å². The molecule has 0 bridgehead atoms. The summed E-state index contributed by atoms with van der Waals surface area (Å²) in [5.41, 5.74) is 1.13. The number of ether oxygens (including phenoxy) is 2. The zero-order chi connectivity index (χ0) is 34.2. The van der Waals surface area contributed by atoms with Gasteiger partial charge in [0.2, 0.25) is 0 Å². The maximum absolute atomic E-state index is 12.9. The molecule has 13 nitrogen and oxygen atoms in total. The van der Waals surface area contributed by atoms with Crippen molar-refractivity contribution in [3.8, 4) is 0 Å². The maximum Gasteiger partial charge on any atom is 0.420 e. The van der Waals surface area contributed by atoms with Crippen LogP contribution in [0.3, 0.4) is 0 Å². The van der Waals surface area contributed by atoms with Gasteiger partial charge in [-0.25, -0.2) is 19.3 Å². The van der Waals surface area contributed by atoms with Crippen LogP contribution in [0.2, 0.25) is 0 Å². The number of nitrogens with zero attached hydrogens (tertiary/aromatic N) is 4. The first-order valence-electron chi connectivity index (χ1n) is 14.1. The average molecular weight is 624 g/mol. The Kier molecular flexibility index (Phi) is 15.1. The molecule has 1 aromatic carbocycles. The average Bonchev–Trinajstić information content (AvgIpc) is 2.91. The predicted molar refractivity (Wildman–Crippen MR) is 174 cm³/mol. The van der Waals surface area contributed by atoms with Crippen molar-refractivity contribution >= 4 is 42.1 Å². The van der Waals surface area contributed by atoms with Crippen molar-refractivity contribution < 1.29 is 29.0 Å². The number of carboxylic acids is 1. The molecule has 242 valence electrons. The number of imide groups is 1. The second-order valence-corrected chi connectivity index (χ2v) is 11.8. The number of para-hydroxylation sites is 1. The Morgan fingerprint density at radius 2 is 1.53 bits per heavy atom. The van der Waals surface area contributed by atoms with Crippen molar-refractivity contribution in [3.05, 3.63) is 81.2 Å². The Bertz CT molecular complexity index is 1360. The molecule has 13 heteroatoms. The summed E-state index contributed by atoms with van der Waals surface area (Å²) in [6, 6.07) is 7.17. The van der Waals surface area contributed by atoms with Gasteiger partial charge in [-0.2, -0.15) is 0 Å². The number of hydrogen-bond acceptors (Lipinski definition) is 9. The highest BCUT2D eigenvalue weighted by atomic mass is 16.6. The summed E-state index contributed by atoms with van der Waals surface area (Å²) >= 11 is 0. The molecule has 2 amide bonds. The molecule has 0 aromatic heterocycles. The number of guanidine groups is 1. The first kappa shape index (κ1) is 38.0. The number of carboxylic acid groups (broad SMARTS) is 1. The standard InChI is InChI=1S/C31H40N2O6.CHN3O2/c1-22(33(28(36)38-30(2,3)4)29(37)39-31(5,6)7)13-12-14-23-18-19-24(27(34)35)15-10-11-20-32-26-17-9-8-16-25(26)21-23;2-1(3-5)4-6/h8-11,15-22H,12-14H2,1-7H3,(H,34,35);2H/b11-10-,15-10?,19-18-,20-11?,23-18?,23-21?,24-15-,24-19?,25-21?,32-20-,32-26?;. The minimum Gasteiger partial charge on any atom is -0.478 e. The van der Waals surface area contributed by atoms with Gasteiger partial charge in [-0.3, -0.25) is 10.4 Å². The van der Waals surface area contributed by atoms with E-state index in [0.717, 1.165) is 21.7 Å². The van der Waals surface area contributed by atoms with Gasteiger partial charge in [0.15, 0.2) is 0 Å². The van der Waals surface area contributed by atoms with Crippen LogP contribution in [0.4, 0.5) is 15.3 Å². The highest BCUT2D eigenvalue weighted by Crippen LogP contribution is 2.25. The highest BCUT2D eigenvalue weighted by Gasteiger charge is 2.34. The molecule has 0 spiro atoms. The van der Waals surface area contributed by atoms with Gasteiger partial charge in [-0.1, -0.05) is 30.4 Å². The maximum atomic E-state index is 12.9. The van der Waals surface area contributed by atoms with Crippen LogP contribution in [0.15, 0.2) is 81.1 Å². The Morgan fingerprint density at radius 3 is 2.04 bits per heavy atom. The molecule has 0 saturated carbocycles. The molecule has 1 atom stereocenters. The number of nitrogens with one attached hydrogen (secondary N) is 1. The van der Waals surface area contributed by atoms with Crippen LogP contribution >= 0.6 is 0 Å². The summed E-state index contributed by atoms with van der Waals surface area (Å²) in [6.45, 7) is 12.2. The molecule has 2 rings (SSSR count). The van der Waals surface area contributed by atoms with Gasteiger partial charge in [0.05, 0.1) is 11.3 Å². The quantitative estimate of drug-likeness (QED) is 0.180. The smallest absolute Gasteiger partial charge is 0.420 e. The molecule has 0 radical (unpaired) electrons. The van der Waals surface area contributed by atoms with Crippen molar-refractivity contribution in [3.63, 3.8) is 0 Å². The van der Waals surface area contributed by atoms with Gasteiger partial charge in [-0.15, -0.1) is 9.81 Å². The van der Waals surface area contributed by atoms with E-state index in [0.29, 0.717) is 19.3 Å².